The average Bonchev–Trinajstić information content (AvgIpc) is 2.66. The molecule has 0 fully saturated rings. The number of nitrogens with two attached hydrogens (primary N) is 1. The van der Waals surface area contributed by atoms with Crippen molar-refractivity contribution in [2.75, 3.05) is 12.4 Å². The Kier molecular flexibility index (Phi) is 4.29. The summed E-state index contributed by atoms with van der Waals surface area (Å²) >= 11 is 8.51. The number of nitrogens with zero attached hydrogens (tertiary/aromatic N) is 2. The smallest absolute Gasteiger partial charge is 0.138 e. The fourth-order valence-corrected chi connectivity index (χ4v) is 2.62. The summed E-state index contributed by atoms with van der Waals surface area (Å²) < 4.78 is 7.89. The van der Waals surface area contributed by atoms with E-state index in [2.05, 4.69) is 26.3 Å². The first kappa shape index (κ1) is 14.8. The molecule has 3 N–H and O–H groups in total. The zero-order valence-corrected chi connectivity index (χ0v) is 13.8. The molecule has 2 aromatic rings. The van der Waals surface area contributed by atoms with Crippen molar-refractivity contribution in [1.82, 2.24) is 9.78 Å². The van der Waals surface area contributed by atoms with Crippen molar-refractivity contribution in [2.24, 2.45) is 12.8 Å². The van der Waals surface area contributed by atoms with Crippen molar-refractivity contribution >= 4 is 44.6 Å². The Labute approximate surface area is 131 Å². The van der Waals surface area contributed by atoms with Crippen LogP contribution in [0.3, 0.4) is 0 Å². The molecule has 0 aliphatic rings. The minimum Gasteiger partial charge on any atom is -0.495 e. The molecule has 0 radical (unpaired) electrons. The van der Waals surface area contributed by atoms with Gasteiger partial charge in [0.1, 0.15) is 16.6 Å². The molecule has 0 aliphatic carbocycles. The topological polar surface area (TPSA) is 65.1 Å². The highest BCUT2D eigenvalue weighted by Gasteiger charge is 2.16. The fourth-order valence-electron chi connectivity index (χ4n) is 1.97. The van der Waals surface area contributed by atoms with Crippen LogP contribution in [0.1, 0.15) is 11.3 Å². The summed E-state index contributed by atoms with van der Waals surface area (Å²) in [4.78, 5) is 0.321. The van der Waals surface area contributed by atoms with Gasteiger partial charge in [0.15, 0.2) is 0 Å². The predicted octanol–water partition coefficient (Wildman–Crippen LogP) is 2.88. The Morgan fingerprint density at radius 1 is 1.50 bits per heavy atom. The van der Waals surface area contributed by atoms with Gasteiger partial charge in [0.2, 0.25) is 0 Å². The van der Waals surface area contributed by atoms with Crippen LogP contribution in [0.15, 0.2) is 22.7 Å². The molecule has 1 aromatic carbocycles. The van der Waals surface area contributed by atoms with Gasteiger partial charge in [0, 0.05) is 18.8 Å². The lowest BCUT2D eigenvalue weighted by Gasteiger charge is -2.11. The van der Waals surface area contributed by atoms with Crippen molar-refractivity contribution in [3.8, 4) is 5.75 Å². The third kappa shape index (κ3) is 2.78. The number of anilines is 2. The Balaban J connectivity index is 2.42. The maximum atomic E-state index is 5.77. The molecule has 0 atom stereocenters. The van der Waals surface area contributed by atoms with Gasteiger partial charge in [-0.1, -0.05) is 12.2 Å². The summed E-state index contributed by atoms with van der Waals surface area (Å²) in [6, 6.07) is 5.72. The molecule has 106 valence electrons. The molecule has 2 rings (SSSR count). The third-order valence-electron chi connectivity index (χ3n) is 2.88. The second-order valence-corrected chi connectivity index (χ2v) is 5.57. The van der Waals surface area contributed by atoms with Crippen molar-refractivity contribution in [2.45, 2.75) is 6.92 Å². The summed E-state index contributed by atoms with van der Waals surface area (Å²) in [6.07, 6.45) is 0. The normalized spacial score (nSPS) is 10.4. The number of nitrogens with one attached hydrogen (secondary N) is 1. The molecule has 0 saturated heterocycles. The van der Waals surface area contributed by atoms with E-state index < -0.39 is 0 Å². The second kappa shape index (κ2) is 5.80. The number of aromatic nitrogens is 2. The molecule has 0 saturated carbocycles. The first-order valence-electron chi connectivity index (χ1n) is 5.88. The number of benzene rings is 1. The Morgan fingerprint density at radius 2 is 2.20 bits per heavy atom. The Morgan fingerprint density at radius 3 is 2.80 bits per heavy atom. The first-order valence-corrected chi connectivity index (χ1v) is 7.08. The second-order valence-electron chi connectivity index (χ2n) is 4.27. The quantitative estimate of drug-likeness (QED) is 0.826. The number of ether oxygens (including phenoxy) is 1. The molecule has 0 bridgehead atoms. The van der Waals surface area contributed by atoms with Gasteiger partial charge in [-0.25, -0.2) is 0 Å². The average molecular weight is 355 g/mol. The minimum atomic E-state index is 0.321. The van der Waals surface area contributed by atoms with Gasteiger partial charge < -0.3 is 15.8 Å². The van der Waals surface area contributed by atoms with Crippen LogP contribution in [0.4, 0.5) is 11.5 Å². The van der Waals surface area contributed by atoms with Crippen molar-refractivity contribution in [3.05, 3.63) is 33.9 Å². The minimum absolute atomic E-state index is 0.321. The standard InChI is InChI=1S/C13H15BrN4OS/c1-7-11(12(15)20)13(18(2)17-7)16-8-4-5-9(14)10(6-8)19-3/h4-6,16H,1-3H3,(H2,15,20). The van der Waals surface area contributed by atoms with Gasteiger partial charge in [0.25, 0.3) is 0 Å². The van der Waals surface area contributed by atoms with E-state index in [1.807, 2.05) is 32.2 Å². The lowest BCUT2D eigenvalue weighted by atomic mass is 10.2. The number of rotatable bonds is 4. The van der Waals surface area contributed by atoms with E-state index in [0.717, 1.165) is 33.0 Å². The number of thiocarbonyl (C=S) groups is 1. The highest BCUT2D eigenvalue weighted by Crippen LogP contribution is 2.30. The van der Waals surface area contributed by atoms with Crippen molar-refractivity contribution in [1.29, 1.82) is 0 Å². The lowest BCUT2D eigenvalue weighted by Crippen LogP contribution is -2.13. The molecule has 1 heterocycles. The fraction of sp³-hybridized carbons (Fsp3) is 0.231. The van der Waals surface area contributed by atoms with Gasteiger partial charge in [-0.15, -0.1) is 0 Å². The van der Waals surface area contributed by atoms with E-state index in [0.29, 0.717) is 4.99 Å². The van der Waals surface area contributed by atoms with Crippen LogP contribution in [0.5, 0.6) is 5.75 Å². The summed E-state index contributed by atoms with van der Waals surface area (Å²) in [5.74, 6) is 1.50. The maximum Gasteiger partial charge on any atom is 0.138 e. The Bertz CT molecular complexity index is 669. The SMILES string of the molecule is COc1cc(Nc2c(C(N)=S)c(C)nn2C)ccc1Br. The summed E-state index contributed by atoms with van der Waals surface area (Å²) in [5.41, 5.74) is 8.19. The van der Waals surface area contributed by atoms with E-state index >= 15 is 0 Å². The van der Waals surface area contributed by atoms with Crippen LogP contribution in [0, 0.1) is 6.92 Å². The van der Waals surface area contributed by atoms with Gasteiger partial charge >= 0.3 is 0 Å². The van der Waals surface area contributed by atoms with Crippen LogP contribution in [0.2, 0.25) is 0 Å². The number of halogens is 1. The van der Waals surface area contributed by atoms with Gasteiger partial charge in [-0.3, -0.25) is 4.68 Å². The van der Waals surface area contributed by atoms with E-state index in [1.54, 1.807) is 11.8 Å². The lowest BCUT2D eigenvalue weighted by molar-refractivity contribution is 0.412. The van der Waals surface area contributed by atoms with E-state index in [-0.39, 0.29) is 0 Å². The van der Waals surface area contributed by atoms with Crippen LogP contribution in [0.25, 0.3) is 0 Å². The zero-order chi connectivity index (χ0) is 14.9. The molecule has 5 nitrogen and oxygen atoms in total. The summed E-state index contributed by atoms with van der Waals surface area (Å²) in [5, 5.41) is 7.61. The van der Waals surface area contributed by atoms with Gasteiger partial charge in [-0.05, 0) is 35.0 Å². The highest BCUT2D eigenvalue weighted by molar-refractivity contribution is 9.10. The molecule has 0 aliphatic heterocycles. The van der Waals surface area contributed by atoms with E-state index in [9.17, 15) is 0 Å². The Hall–Kier alpha value is -1.60. The van der Waals surface area contributed by atoms with Crippen LogP contribution in [-0.4, -0.2) is 21.9 Å². The zero-order valence-electron chi connectivity index (χ0n) is 11.4. The van der Waals surface area contributed by atoms with E-state index in [4.69, 9.17) is 22.7 Å². The van der Waals surface area contributed by atoms with Gasteiger partial charge in [0.05, 0.1) is 22.8 Å². The van der Waals surface area contributed by atoms with Crippen molar-refractivity contribution in [3.63, 3.8) is 0 Å². The first-order chi connectivity index (χ1) is 9.43. The monoisotopic (exact) mass is 354 g/mol. The highest BCUT2D eigenvalue weighted by atomic mass is 79.9. The number of aryl methyl sites for hydroxylation is 2. The van der Waals surface area contributed by atoms with Crippen molar-refractivity contribution < 1.29 is 4.74 Å². The summed E-state index contributed by atoms with van der Waals surface area (Å²) in [7, 11) is 3.46. The molecule has 1 aromatic heterocycles. The summed E-state index contributed by atoms with van der Waals surface area (Å²) in [6.45, 7) is 1.88. The number of hydrogen-bond donors (Lipinski definition) is 2. The number of methoxy groups -OCH3 is 1. The number of hydrogen-bond acceptors (Lipinski definition) is 4. The van der Waals surface area contributed by atoms with Gasteiger partial charge in [-0.2, -0.15) is 5.10 Å². The van der Waals surface area contributed by atoms with Crippen LogP contribution < -0.4 is 15.8 Å². The largest absolute Gasteiger partial charge is 0.495 e. The predicted molar refractivity (Wildman–Crippen MR) is 87.8 cm³/mol. The molecule has 7 heteroatoms. The molecule has 20 heavy (non-hydrogen) atoms. The molecule has 0 unspecified atom stereocenters. The van der Waals surface area contributed by atoms with Crippen LogP contribution >= 0.6 is 28.1 Å². The van der Waals surface area contributed by atoms with E-state index in [1.165, 1.54) is 0 Å². The molecule has 0 amide bonds. The third-order valence-corrected chi connectivity index (χ3v) is 3.74. The van der Waals surface area contributed by atoms with Crippen LogP contribution in [-0.2, 0) is 7.05 Å². The molecular weight excluding hydrogens is 340 g/mol. The maximum absolute atomic E-state index is 5.77. The molecule has 0 spiro atoms. The molecular formula is C13H15BrN4OS.